The fourth-order valence-electron chi connectivity index (χ4n) is 5.42. The van der Waals surface area contributed by atoms with Crippen molar-refractivity contribution < 1.29 is 4.79 Å². The van der Waals surface area contributed by atoms with Crippen molar-refractivity contribution in [1.82, 2.24) is 0 Å². The van der Waals surface area contributed by atoms with Gasteiger partial charge in [0.25, 0.3) is 0 Å². The van der Waals surface area contributed by atoms with Crippen LogP contribution in [0.1, 0.15) is 44.1 Å². The quantitative estimate of drug-likeness (QED) is 0.796. The molecule has 1 nitrogen and oxygen atoms in total. The van der Waals surface area contributed by atoms with E-state index in [0.29, 0.717) is 12.2 Å². The molecular weight excluding hydrogens is 232 g/mol. The average molecular weight is 254 g/mol. The van der Waals surface area contributed by atoms with Gasteiger partial charge in [0.05, 0.1) is 0 Å². The van der Waals surface area contributed by atoms with E-state index in [1.807, 2.05) is 18.2 Å². The molecule has 1 heteroatoms. The highest BCUT2D eigenvalue weighted by Crippen LogP contribution is 2.60. The summed E-state index contributed by atoms with van der Waals surface area (Å²) in [6.45, 7) is 0. The van der Waals surface area contributed by atoms with Gasteiger partial charge in [0.2, 0.25) is 0 Å². The van der Waals surface area contributed by atoms with Gasteiger partial charge in [0.15, 0.2) is 0 Å². The first kappa shape index (κ1) is 11.7. The van der Waals surface area contributed by atoms with Crippen molar-refractivity contribution in [3.63, 3.8) is 0 Å². The van der Waals surface area contributed by atoms with Crippen molar-refractivity contribution >= 4 is 5.78 Å². The summed E-state index contributed by atoms with van der Waals surface area (Å²) in [5, 5.41) is 0. The maximum absolute atomic E-state index is 12.9. The fourth-order valence-corrected chi connectivity index (χ4v) is 5.42. The van der Waals surface area contributed by atoms with Crippen molar-refractivity contribution in [3.05, 3.63) is 35.9 Å². The van der Waals surface area contributed by atoms with Gasteiger partial charge in [-0.2, -0.15) is 0 Å². The molecule has 0 aromatic heterocycles. The lowest BCUT2D eigenvalue weighted by molar-refractivity contribution is -0.143. The Bertz CT molecular complexity index is 452. The van der Waals surface area contributed by atoms with E-state index >= 15 is 0 Å². The average Bonchev–Trinajstić information content (AvgIpc) is 2.38. The van der Waals surface area contributed by atoms with E-state index in [1.54, 1.807) is 0 Å². The minimum absolute atomic E-state index is 0.0740. The predicted octanol–water partition coefficient (Wildman–Crippen LogP) is 4.01. The van der Waals surface area contributed by atoms with Gasteiger partial charge >= 0.3 is 0 Å². The van der Waals surface area contributed by atoms with Crippen LogP contribution in [-0.4, -0.2) is 5.78 Å². The van der Waals surface area contributed by atoms with E-state index in [9.17, 15) is 4.79 Å². The van der Waals surface area contributed by atoms with Crippen LogP contribution in [0, 0.1) is 23.2 Å². The highest BCUT2D eigenvalue weighted by Gasteiger charge is 2.53. The van der Waals surface area contributed by atoms with Crippen molar-refractivity contribution in [1.29, 1.82) is 0 Å². The lowest BCUT2D eigenvalue weighted by Gasteiger charge is -2.56. The van der Waals surface area contributed by atoms with E-state index in [4.69, 9.17) is 0 Å². The number of carbonyl (C=O) groups is 1. The molecule has 0 atom stereocenters. The fraction of sp³-hybridized carbons (Fsp3) is 0.611. The molecule has 5 rings (SSSR count). The first-order valence-corrected chi connectivity index (χ1v) is 7.81. The SMILES string of the molecule is O=C(Cc1ccccc1)C12CC3CC(CC(C3)C1)C2. The summed E-state index contributed by atoms with van der Waals surface area (Å²) in [6, 6.07) is 10.3. The van der Waals surface area contributed by atoms with Crippen LogP contribution in [0.2, 0.25) is 0 Å². The molecule has 4 aliphatic carbocycles. The highest BCUT2D eigenvalue weighted by molar-refractivity contribution is 5.87. The summed E-state index contributed by atoms with van der Waals surface area (Å²) < 4.78 is 0. The van der Waals surface area contributed by atoms with Gasteiger partial charge in [-0.25, -0.2) is 0 Å². The summed E-state index contributed by atoms with van der Waals surface area (Å²) in [4.78, 5) is 12.9. The molecule has 0 spiro atoms. The Morgan fingerprint density at radius 1 is 0.947 bits per heavy atom. The Morgan fingerprint density at radius 2 is 1.47 bits per heavy atom. The molecule has 4 aliphatic rings. The summed E-state index contributed by atoms with van der Waals surface area (Å²) in [7, 11) is 0. The Kier molecular flexibility index (Phi) is 2.58. The smallest absolute Gasteiger partial charge is 0.143 e. The molecule has 0 amide bonds. The molecule has 100 valence electrons. The minimum Gasteiger partial charge on any atom is -0.299 e. The number of hydrogen-bond donors (Lipinski definition) is 0. The van der Waals surface area contributed by atoms with Gasteiger partial charge in [-0.15, -0.1) is 0 Å². The number of Topliss-reactive ketones (excluding diaryl/α,β-unsaturated/α-hetero) is 1. The maximum atomic E-state index is 12.9. The highest BCUT2D eigenvalue weighted by atomic mass is 16.1. The summed E-state index contributed by atoms with van der Waals surface area (Å²) in [6.07, 6.45) is 8.50. The topological polar surface area (TPSA) is 17.1 Å². The second-order valence-corrected chi connectivity index (χ2v) is 7.28. The standard InChI is InChI=1S/C18H22O/c19-17(9-13-4-2-1-3-5-13)18-10-14-6-15(11-18)8-16(7-14)12-18/h1-5,14-16H,6-12H2. The van der Waals surface area contributed by atoms with Gasteiger partial charge < -0.3 is 0 Å². The zero-order valence-electron chi connectivity index (χ0n) is 11.5. The zero-order chi connectivity index (χ0) is 12.9. The molecule has 0 heterocycles. The lowest BCUT2D eigenvalue weighted by atomic mass is 9.48. The molecule has 4 bridgehead atoms. The van der Waals surface area contributed by atoms with Crippen molar-refractivity contribution in [2.45, 2.75) is 44.9 Å². The largest absolute Gasteiger partial charge is 0.299 e. The Balaban J connectivity index is 1.56. The van der Waals surface area contributed by atoms with Crippen LogP contribution in [0.15, 0.2) is 30.3 Å². The number of rotatable bonds is 3. The molecule has 4 fully saturated rings. The molecule has 4 saturated carbocycles. The van der Waals surface area contributed by atoms with Crippen LogP contribution >= 0.6 is 0 Å². The third kappa shape index (κ3) is 1.94. The van der Waals surface area contributed by atoms with Crippen molar-refractivity contribution in [2.75, 3.05) is 0 Å². The summed E-state index contributed by atoms with van der Waals surface area (Å²) in [5.74, 6) is 3.14. The number of ketones is 1. The molecule has 0 radical (unpaired) electrons. The molecule has 0 unspecified atom stereocenters. The minimum atomic E-state index is 0.0740. The molecular formula is C18H22O. The third-order valence-electron chi connectivity index (χ3n) is 5.84. The van der Waals surface area contributed by atoms with E-state index in [0.717, 1.165) is 17.8 Å². The second-order valence-electron chi connectivity index (χ2n) is 7.28. The molecule has 1 aromatic carbocycles. The Hall–Kier alpha value is -1.11. The van der Waals surface area contributed by atoms with Crippen molar-refractivity contribution in [2.24, 2.45) is 23.2 Å². The van der Waals surface area contributed by atoms with Crippen LogP contribution in [0.3, 0.4) is 0 Å². The Morgan fingerprint density at radius 3 is 2.00 bits per heavy atom. The van der Waals surface area contributed by atoms with Crippen LogP contribution in [0.25, 0.3) is 0 Å². The number of hydrogen-bond acceptors (Lipinski definition) is 1. The van der Waals surface area contributed by atoms with Gasteiger partial charge in [-0.3, -0.25) is 4.79 Å². The third-order valence-corrected chi connectivity index (χ3v) is 5.84. The van der Waals surface area contributed by atoms with E-state index in [1.165, 1.54) is 44.1 Å². The second kappa shape index (κ2) is 4.19. The first-order valence-electron chi connectivity index (χ1n) is 7.81. The zero-order valence-corrected chi connectivity index (χ0v) is 11.5. The van der Waals surface area contributed by atoms with Crippen LogP contribution in [-0.2, 0) is 11.2 Å². The van der Waals surface area contributed by atoms with Gasteiger partial charge in [-0.1, -0.05) is 30.3 Å². The van der Waals surface area contributed by atoms with E-state index < -0.39 is 0 Å². The monoisotopic (exact) mass is 254 g/mol. The van der Waals surface area contributed by atoms with Gasteiger partial charge in [-0.05, 0) is 61.8 Å². The van der Waals surface area contributed by atoms with Gasteiger partial charge in [0.1, 0.15) is 5.78 Å². The van der Waals surface area contributed by atoms with E-state index in [2.05, 4.69) is 12.1 Å². The molecule has 0 aliphatic heterocycles. The first-order chi connectivity index (χ1) is 9.23. The lowest BCUT2D eigenvalue weighted by Crippen LogP contribution is -2.50. The number of carbonyl (C=O) groups excluding carboxylic acids is 1. The summed E-state index contributed by atoms with van der Waals surface area (Å²) >= 11 is 0. The molecule has 0 saturated heterocycles. The van der Waals surface area contributed by atoms with E-state index in [-0.39, 0.29) is 5.41 Å². The predicted molar refractivity (Wildman–Crippen MR) is 75.8 cm³/mol. The molecule has 0 N–H and O–H groups in total. The van der Waals surface area contributed by atoms with Crippen LogP contribution in [0.4, 0.5) is 0 Å². The number of benzene rings is 1. The molecule has 19 heavy (non-hydrogen) atoms. The van der Waals surface area contributed by atoms with Crippen LogP contribution < -0.4 is 0 Å². The molecule has 1 aromatic rings. The maximum Gasteiger partial charge on any atom is 0.143 e. The Labute approximate surface area is 115 Å². The van der Waals surface area contributed by atoms with Gasteiger partial charge in [0, 0.05) is 11.8 Å². The summed E-state index contributed by atoms with van der Waals surface area (Å²) in [5.41, 5.74) is 1.27. The normalized spacial score (nSPS) is 39.5. The van der Waals surface area contributed by atoms with Crippen molar-refractivity contribution in [3.8, 4) is 0 Å². The van der Waals surface area contributed by atoms with Crippen LogP contribution in [0.5, 0.6) is 0 Å².